The third-order valence-corrected chi connectivity index (χ3v) is 5.45. The molecule has 1 nitrogen and oxygen atoms in total. The van der Waals surface area contributed by atoms with Crippen LogP contribution in [-0.4, -0.2) is 4.98 Å². The van der Waals surface area contributed by atoms with Crippen LogP contribution in [0.25, 0.3) is 11.3 Å². The third-order valence-electron chi connectivity index (χ3n) is 2.87. The minimum Gasteiger partial charge on any atom is -0.230 e. The molecule has 0 fully saturated rings. The Balaban J connectivity index is 1.69. The summed E-state index contributed by atoms with van der Waals surface area (Å²) in [7, 11) is 0. The van der Waals surface area contributed by atoms with Crippen molar-refractivity contribution in [3.63, 3.8) is 0 Å². The molecule has 0 aliphatic heterocycles. The van der Waals surface area contributed by atoms with E-state index in [1.54, 1.807) is 23.1 Å². The van der Waals surface area contributed by atoms with E-state index in [0.717, 1.165) is 31.4 Å². The van der Waals surface area contributed by atoms with Gasteiger partial charge in [-0.3, -0.25) is 0 Å². The number of hydrogen-bond donors (Lipinski definition) is 0. The fraction of sp³-hybridized carbons (Fsp3) is 0.0625. The normalized spacial score (nSPS) is 10.8. The Morgan fingerprint density at radius 2 is 1.81 bits per heavy atom. The summed E-state index contributed by atoms with van der Waals surface area (Å²) < 4.78 is 1.06. The van der Waals surface area contributed by atoms with Crippen LogP contribution >= 0.6 is 46.3 Å². The number of nitrogens with zero attached hydrogens (tertiary/aromatic N) is 1. The molecule has 3 aromatic rings. The van der Waals surface area contributed by atoms with E-state index in [1.807, 2.05) is 42.5 Å². The molecule has 0 spiro atoms. The molecule has 0 amide bonds. The van der Waals surface area contributed by atoms with E-state index >= 15 is 0 Å². The number of benzene rings is 2. The van der Waals surface area contributed by atoms with Crippen LogP contribution in [0.2, 0.25) is 10.0 Å². The summed E-state index contributed by atoms with van der Waals surface area (Å²) in [5, 5.41) is 3.59. The van der Waals surface area contributed by atoms with Crippen LogP contribution in [0.3, 0.4) is 0 Å². The molecule has 0 unspecified atom stereocenters. The molecule has 0 bridgehead atoms. The maximum Gasteiger partial charge on any atom is 0.150 e. The van der Waals surface area contributed by atoms with Crippen molar-refractivity contribution in [1.82, 2.24) is 4.98 Å². The Bertz CT molecular complexity index is 738. The fourth-order valence-electron chi connectivity index (χ4n) is 1.85. The summed E-state index contributed by atoms with van der Waals surface area (Å²) in [6.45, 7) is 0. The predicted molar refractivity (Wildman–Crippen MR) is 93.6 cm³/mol. The second kappa shape index (κ2) is 6.84. The first kappa shape index (κ1) is 14.9. The van der Waals surface area contributed by atoms with E-state index in [4.69, 9.17) is 23.2 Å². The van der Waals surface area contributed by atoms with Crippen LogP contribution in [0, 0.1) is 0 Å². The second-order valence-corrected chi connectivity index (χ2v) is 7.38. The van der Waals surface area contributed by atoms with Crippen molar-refractivity contribution in [3.05, 3.63) is 69.5 Å². The molecule has 0 aliphatic carbocycles. The van der Waals surface area contributed by atoms with Gasteiger partial charge < -0.3 is 0 Å². The molecule has 0 aliphatic rings. The van der Waals surface area contributed by atoms with Crippen LogP contribution in [0.15, 0.2) is 58.3 Å². The van der Waals surface area contributed by atoms with E-state index in [0.29, 0.717) is 0 Å². The van der Waals surface area contributed by atoms with Gasteiger partial charge in [-0.05, 0) is 29.8 Å². The lowest BCUT2D eigenvalue weighted by molar-refractivity contribution is 1.24. The van der Waals surface area contributed by atoms with Gasteiger partial charge in [0.05, 0.1) is 5.69 Å². The Kier molecular flexibility index (Phi) is 4.86. The first-order chi connectivity index (χ1) is 10.2. The Hall–Kier alpha value is -1.00. The van der Waals surface area contributed by atoms with E-state index in [9.17, 15) is 0 Å². The third kappa shape index (κ3) is 4.01. The number of thiazole rings is 1. The van der Waals surface area contributed by atoms with Gasteiger partial charge in [0.25, 0.3) is 0 Å². The van der Waals surface area contributed by atoms with Crippen molar-refractivity contribution in [2.45, 2.75) is 10.1 Å². The van der Waals surface area contributed by atoms with Crippen molar-refractivity contribution in [2.24, 2.45) is 0 Å². The Morgan fingerprint density at radius 3 is 2.57 bits per heavy atom. The maximum atomic E-state index is 5.99. The monoisotopic (exact) mass is 351 g/mol. The zero-order chi connectivity index (χ0) is 14.7. The van der Waals surface area contributed by atoms with Gasteiger partial charge in [-0.25, -0.2) is 4.98 Å². The minimum atomic E-state index is 0.740. The average molecular weight is 352 g/mol. The van der Waals surface area contributed by atoms with Crippen LogP contribution in [0.1, 0.15) is 5.56 Å². The van der Waals surface area contributed by atoms with Gasteiger partial charge >= 0.3 is 0 Å². The molecular formula is C16H11Cl2NS2. The molecule has 21 heavy (non-hydrogen) atoms. The van der Waals surface area contributed by atoms with E-state index in [-0.39, 0.29) is 0 Å². The SMILES string of the molecule is Clc1ccc(-c2csc(SCc3cccc(Cl)c3)n2)cc1. The first-order valence-electron chi connectivity index (χ1n) is 6.29. The van der Waals surface area contributed by atoms with Crippen molar-refractivity contribution >= 4 is 46.3 Å². The number of thioether (sulfide) groups is 1. The molecule has 5 heteroatoms. The highest BCUT2D eigenvalue weighted by Crippen LogP contribution is 2.31. The Labute approximate surface area is 142 Å². The lowest BCUT2D eigenvalue weighted by Gasteiger charge is -1.99. The standard InChI is InChI=1S/C16H11Cl2NS2/c17-13-6-4-12(5-7-13)15-10-21-16(19-15)20-9-11-2-1-3-14(18)8-11/h1-8,10H,9H2. The predicted octanol–water partition coefficient (Wildman–Crippen LogP) is 6.41. The maximum absolute atomic E-state index is 5.99. The van der Waals surface area contributed by atoms with Crippen molar-refractivity contribution < 1.29 is 0 Å². The van der Waals surface area contributed by atoms with Crippen LogP contribution < -0.4 is 0 Å². The highest BCUT2D eigenvalue weighted by Gasteiger charge is 2.06. The number of halogens is 2. The molecule has 106 valence electrons. The second-order valence-electron chi connectivity index (χ2n) is 4.42. The van der Waals surface area contributed by atoms with Crippen LogP contribution in [0.4, 0.5) is 0 Å². The smallest absolute Gasteiger partial charge is 0.150 e. The van der Waals surface area contributed by atoms with Crippen molar-refractivity contribution in [3.8, 4) is 11.3 Å². The average Bonchev–Trinajstić information content (AvgIpc) is 2.95. The molecular weight excluding hydrogens is 341 g/mol. The van der Waals surface area contributed by atoms with Gasteiger partial charge in [0.1, 0.15) is 0 Å². The van der Waals surface area contributed by atoms with Gasteiger partial charge in [0.2, 0.25) is 0 Å². The van der Waals surface area contributed by atoms with E-state index in [1.165, 1.54) is 5.56 Å². The topological polar surface area (TPSA) is 12.9 Å². The zero-order valence-corrected chi connectivity index (χ0v) is 14.1. The molecule has 3 rings (SSSR count). The lowest BCUT2D eigenvalue weighted by atomic mass is 10.2. The van der Waals surface area contributed by atoms with Crippen LogP contribution in [0.5, 0.6) is 0 Å². The quantitative estimate of drug-likeness (QED) is 0.503. The van der Waals surface area contributed by atoms with Crippen molar-refractivity contribution in [2.75, 3.05) is 0 Å². The molecule has 2 aromatic carbocycles. The molecule has 0 radical (unpaired) electrons. The molecule has 1 aromatic heterocycles. The van der Waals surface area contributed by atoms with Gasteiger partial charge in [0.15, 0.2) is 4.34 Å². The Morgan fingerprint density at radius 1 is 1.00 bits per heavy atom. The summed E-state index contributed by atoms with van der Waals surface area (Å²) in [6, 6.07) is 15.7. The van der Waals surface area contributed by atoms with Gasteiger partial charge in [-0.1, -0.05) is 59.2 Å². The fourth-order valence-corrected chi connectivity index (χ4v) is 3.97. The van der Waals surface area contributed by atoms with Gasteiger partial charge in [0, 0.05) is 26.7 Å². The molecule has 0 saturated heterocycles. The molecule has 1 heterocycles. The van der Waals surface area contributed by atoms with Crippen molar-refractivity contribution in [1.29, 1.82) is 0 Å². The highest BCUT2D eigenvalue weighted by atomic mass is 35.5. The van der Waals surface area contributed by atoms with Crippen LogP contribution in [-0.2, 0) is 5.75 Å². The summed E-state index contributed by atoms with van der Waals surface area (Å²) in [4.78, 5) is 4.65. The molecule has 0 atom stereocenters. The largest absolute Gasteiger partial charge is 0.230 e. The van der Waals surface area contributed by atoms with Gasteiger partial charge in [-0.2, -0.15) is 0 Å². The highest BCUT2D eigenvalue weighted by molar-refractivity contribution is 8.00. The summed E-state index contributed by atoms with van der Waals surface area (Å²) >= 11 is 15.3. The molecule has 0 N–H and O–H groups in total. The molecule has 0 saturated carbocycles. The number of hydrogen-bond acceptors (Lipinski definition) is 3. The lowest BCUT2D eigenvalue weighted by Crippen LogP contribution is -1.81. The number of aromatic nitrogens is 1. The van der Waals surface area contributed by atoms with Gasteiger partial charge in [-0.15, -0.1) is 11.3 Å². The summed E-state index contributed by atoms with van der Waals surface area (Å²) in [6.07, 6.45) is 0. The summed E-state index contributed by atoms with van der Waals surface area (Å²) in [5.41, 5.74) is 3.28. The minimum absolute atomic E-state index is 0.740. The summed E-state index contributed by atoms with van der Waals surface area (Å²) in [5.74, 6) is 0.869. The van der Waals surface area contributed by atoms with E-state index in [2.05, 4.69) is 16.4 Å². The zero-order valence-electron chi connectivity index (χ0n) is 10.9. The van der Waals surface area contributed by atoms with E-state index < -0.39 is 0 Å². The first-order valence-corrected chi connectivity index (χ1v) is 8.91. The number of rotatable bonds is 4.